The van der Waals surface area contributed by atoms with Crippen molar-refractivity contribution in [1.82, 2.24) is 4.98 Å². The predicted molar refractivity (Wildman–Crippen MR) is 118 cm³/mol. The fourth-order valence-electron chi connectivity index (χ4n) is 3.81. The number of halogens is 1. The molecule has 1 heterocycles. The van der Waals surface area contributed by atoms with Gasteiger partial charge >= 0.3 is 0 Å². The molecule has 2 nitrogen and oxygen atoms in total. The van der Waals surface area contributed by atoms with Crippen molar-refractivity contribution in [3.05, 3.63) is 59.2 Å². The number of aromatic nitrogens is 1. The molecule has 148 valence electrons. The lowest BCUT2D eigenvalue weighted by Crippen LogP contribution is -2.10. The molecule has 2 aliphatic rings. The first kappa shape index (κ1) is 21.8. The van der Waals surface area contributed by atoms with Gasteiger partial charge in [0.15, 0.2) is 0 Å². The Balaban J connectivity index is 0.000000167. The minimum atomic E-state index is 0.572. The summed E-state index contributed by atoms with van der Waals surface area (Å²) in [6.45, 7) is 2.35. The molecule has 0 aliphatic heterocycles. The summed E-state index contributed by atoms with van der Waals surface area (Å²) in [5.74, 6) is 2.19. The van der Waals surface area contributed by atoms with Gasteiger partial charge in [-0.2, -0.15) is 0 Å². The van der Waals surface area contributed by atoms with Crippen LogP contribution in [0.25, 0.3) is 0 Å². The van der Waals surface area contributed by atoms with Gasteiger partial charge in [0.05, 0.1) is 0 Å². The molecule has 1 aromatic carbocycles. The number of benzene rings is 1. The fourth-order valence-corrected chi connectivity index (χ4v) is 4.10. The summed E-state index contributed by atoms with van der Waals surface area (Å²) in [5, 5.41) is 0.951. The molecule has 0 amide bonds. The molecule has 27 heavy (non-hydrogen) atoms. The highest BCUT2D eigenvalue weighted by Crippen LogP contribution is 2.38. The summed E-state index contributed by atoms with van der Waals surface area (Å²) in [6, 6.07) is 13.7. The maximum atomic E-state index is 6.19. The van der Waals surface area contributed by atoms with Crippen molar-refractivity contribution in [2.45, 2.75) is 77.0 Å². The molecule has 2 aromatic rings. The second-order valence-electron chi connectivity index (χ2n) is 7.85. The van der Waals surface area contributed by atoms with Gasteiger partial charge in [-0.3, -0.25) is 0 Å². The normalized spacial score (nSPS) is 21.9. The van der Waals surface area contributed by atoms with E-state index < -0.39 is 0 Å². The van der Waals surface area contributed by atoms with Crippen LogP contribution in [0.3, 0.4) is 0 Å². The number of pyridine rings is 1. The summed E-state index contributed by atoms with van der Waals surface area (Å²) in [5.41, 5.74) is 6.61. The van der Waals surface area contributed by atoms with E-state index in [1.807, 2.05) is 24.3 Å². The molecule has 0 spiro atoms. The molecule has 2 aliphatic carbocycles. The zero-order valence-corrected chi connectivity index (χ0v) is 17.5. The smallest absolute Gasteiger partial charge is 0.123 e. The van der Waals surface area contributed by atoms with E-state index in [-0.39, 0.29) is 0 Å². The van der Waals surface area contributed by atoms with E-state index in [0.717, 1.165) is 10.9 Å². The highest BCUT2D eigenvalue weighted by atomic mass is 35.5. The molecule has 0 atom stereocenters. The zero-order chi connectivity index (χ0) is 19.3. The van der Waals surface area contributed by atoms with Crippen molar-refractivity contribution in [2.75, 3.05) is 5.73 Å². The Morgan fingerprint density at radius 1 is 0.815 bits per heavy atom. The average molecular weight is 387 g/mol. The molecule has 0 radical (unpaired) electrons. The third kappa shape index (κ3) is 8.79. The van der Waals surface area contributed by atoms with Crippen LogP contribution >= 0.6 is 11.6 Å². The van der Waals surface area contributed by atoms with Crippen LogP contribution in [-0.2, 0) is 0 Å². The Morgan fingerprint density at radius 3 is 1.81 bits per heavy atom. The number of nitrogens with two attached hydrogens (primary N) is 1. The number of nitrogens with zero attached hydrogens (tertiary/aromatic N) is 1. The molecule has 4 rings (SSSR count). The topological polar surface area (TPSA) is 38.9 Å². The van der Waals surface area contributed by atoms with Gasteiger partial charge in [-0.25, -0.2) is 4.98 Å². The second kappa shape index (κ2) is 12.8. The first-order valence-electron chi connectivity index (χ1n) is 10.6. The zero-order valence-electron chi connectivity index (χ0n) is 16.7. The summed E-state index contributed by atoms with van der Waals surface area (Å²) in [6.07, 6.45) is 16.0. The van der Waals surface area contributed by atoms with Crippen LogP contribution in [0.1, 0.15) is 82.6 Å². The average Bonchev–Trinajstić information content (AvgIpc) is 2.72. The first-order valence-corrected chi connectivity index (χ1v) is 11.0. The van der Waals surface area contributed by atoms with Crippen molar-refractivity contribution in [3.8, 4) is 0 Å². The van der Waals surface area contributed by atoms with Gasteiger partial charge < -0.3 is 5.73 Å². The van der Waals surface area contributed by atoms with Crippen LogP contribution < -0.4 is 5.73 Å². The third-order valence-electron chi connectivity index (χ3n) is 5.55. The van der Waals surface area contributed by atoms with Crippen molar-refractivity contribution in [2.24, 2.45) is 5.92 Å². The summed E-state index contributed by atoms with van der Waals surface area (Å²) in [4.78, 5) is 3.76. The van der Waals surface area contributed by atoms with Gasteiger partial charge in [0.25, 0.3) is 0 Å². The van der Waals surface area contributed by atoms with Crippen LogP contribution in [0, 0.1) is 5.92 Å². The van der Waals surface area contributed by atoms with Crippen LogP contribution in [0.2, 0.25) is 5.02 Å². The maximum absolute atomic E-state index is 6.19. The van der Waals surface area contributed by atoms with E-state index in [1.165, 1.54) is 69.8 Å². The summed E-state index contributed by atoms with van der Waals surface area (Å²) >= 11 is 6.19. The Labute approximate surface area is 170 Å². The van der Waals surface area contributed by atoms with E-state index in [1.54, 1.807) is 12.3 Å². The number of anilines is 1. The van der Waals surface area contributed by atoms with Crippen LogP contribution in [0.4, 0.5) is 5.82 Å². The molecule has 2 fully saturated rings. The second-order valence-corrected chi connectivity index (χ2v) is 8.26. The van der Waals surface area contributed by atoms with Crippen molar-refractivity contribution in [1.29, 1.82) is 0 Å². The lowest BCUT2D eigenvalue weighted by atomic mass is 9.79. The largest absolute Gasteiger partial charge is 0.384 e. The first-order chi connectivity index (χ1) is 13.2. The van der Waals surface area contributed by atoms with Gasteiger partial charge in [0.2, 0.25) is 0 Å². The Morgan fingerprint density at radius 2 is 1.37 bits per heavy atom. The van der Waals surface area contributed by atoms with Crippen LogP contribution in [-0.4, -0.2) is 4.98 Å². The lowest BCUT2D eigenvalue weighted by molar-refractivity contribution is 0.348. The minimum absolute atomic E-state index is 0.572. The molecule has 0 unspecified atom stereocenters. The molecular weight excluding hydrogens is 352 g/mol. The molecule has 3 heteroatoms. The number of rotatable bonds is 1. The number of hydrogen-bond donors (Lipinski definition) is 1. The van der Waals surface area contributed by atoms with Gasteiger partial charge in [0, 0.05) is 11.2 Å². The van der Waals surface area contributed by atoms with Gasteiger partial charge in [0.1, 0.15) is 5.82 Å². The molecule has 0 saturated heterocycles. The standard InChI is InChI=1S/C13H17Cl.C6H12.C5H6N2/c1-10-6-8-11(9-7-10)12-4-2-3-5-13(12)14;1-2-4-6-5-3-1;6-5-3-1-2-4-7-5/h2-5,10-11H,6-9H2,1H3;1-6H2;1-4H,(H2,6,7). The molecule has 0 bridgehead atoms. The Kier molecular flexibility index (Phi) is 10.3. The van der Waals surface area contributed by atoms with Crippen LogP contribution in [0.15, 0.2) is 48.7 Å². The summed E-state index contributed by atoms with van der Waals surface area (Å²) < 4.78 is 0. The third-order valence-corrected chi connectivity index (χ3v) is 5.89. The predicted octanol–water partition coefficient (Wildman–Crippen LogP) is 7.64. The van der Waals surface area contributed by atoms with Crippen LogP contribution in [0.5, 0.6) is 0 Å². The quantitative estimate of drug-likeness (QED) is 0.546. The Bertz CT molecular complexity index is 606. The Hall–Kier alpha value is -1.54. The molecule has 2 N–H and O–H groups in total. The SMILES string of the molecule is C1CCCCC1.CC1CCC(c2ccccc2Cl)CC1.Nc1ccccn1. The molecular formula is C24H35ClN2. The van der Waals surface area contributed by atoms with Gasteiger partial charge in [-0.05, 0) is 48.4 Å². The van der Waals surface area contributed by atoms with E-state index in [9.17, 15) is 0 Å². The van der Waals surface area contributed by atoms with E-state index in [0.29, 0.717) is 11.7 Å². The number of nitrogen functional groups attached to an aromatic ring is 1. The summed E-state index contributed by atoms with van der Waals surface area (Å²) in [7, 11) is 0. The van der Waals surface area contributed by atoms with Crippen molar-refractivity contribution in [3.63, 3.8) is 0 Å². The maximum Gasteiger partial charge on any atom is 0.123 e. The molecule has 1 aromatic heterocycles. The minimum Gasteiger partial charge on any atom is -0.384 e. The highest BCUT2D eigenvalue weighted by molar-refractivity contribution is 6.31. The number of hydrogen-bond acceptors (Lipinski definition) is 2. The fraction of sp³-hybridized carbons (Fsp3) is 0.542. The van der Waals surface area contributed by atoms with Crippen molar-refractivity contribution < 1.29 is 0 Å². The highest BCUT2D eigenvalue weighted by Gasteiger charge is 2.20. The van der Waals surface area contributed by atoms with Gasteiger partial charge in [-0.15, -0.1) is 0 Å². The van der Waals surface area contributed by atoms with E-state index in [4.69, 9.17) is 17.3 Å². The van der Waals surface area contributed by atoms with Crippen molar-refractivity contribution >= 4 is 17.4 Å². The molecule has 2 saturated carbocycles. The monoisotopic (exact) mass is 386 g/mol. The van der Waals surface area contributed by atoms with Gasteiger partial charge in [-0.1, -0.05) is 94.2 Å². The lowest BCUT2D eigenvalue weighted by Gasteiger charge is -2.26. The van der Waals surface area contributed by atoms with E-state index >= 15 is 0 Å². The van der Waals surface area contributed by atoms with E-state index in [2.05, 4.69) is 24.0 Å².